The van der Waals surface area contributed by atoms with Crippen LogP contribution in [0.5, 0.6) is 0 Å². The second kappa shape index (κ2) is 9.26. The van der Waals surface area contributed by atoms with Crippen LogP contribution in [0, 0.1) is 0 Å². The van der Waals surface area contributed by atoms with Crippen molar-refractivity contribution in [3.05, 3.63) is 52.1 Å². The molecule has 0 aliphatic carbocycles. The zero-order valence-electron chi connectivity index (χ0n) is 18.1. The van der Waals surface area contributed by atoms with E-state index < -0.39 is 6.43 Å². The van der Waals surface area contributed by atoms with E-state index in [1.165, 1.54) is 11.3 Å². The number of nitrogens with zero attached hydrogens (tertiary/aromatic N) is 5. The van der Waals surface area contributed by atoms with Crippen LogP contribution in [0.25, 0.3) is 10.3 Å². The van der Waals surface area contributed by atoms with Gasteiger partial charge >= 0.3 is 0 Å². The Balaban J connectivity index is 1.36. The molecule has 2 aromatic heterocycles. The molecule has 2 aliphatic rings. The smallest absolute Gasteiger partial charge is 0.281 e. The lowest BCUT2D eigenvalue weighted by atomic mass is 10.0. The summed E-state index contributed by atoms with van der Waals surface area (Å²) >= 11 is 1.30. The Morgan fingerprint density at radius 3 is 2.76 bits per heavy atom. The predicted molar refractivity (Wildman–Crippen MR) is 123 cm³/mol. The summed E-state index contributed by atoms with van der Waals surface area (Å²) in [4.78, 5) is 39.3. The summed E-state index contributed by atoms with van der Waals surface area (Å²) in [5.74, 6) is 0.675. The van der Waals surface area contributed by atoms with Gasteiger partial charge in [-0.25, -0.2) is 18.7 Å². The lowest BCUT2D eigenvalue weighted by Gasteiger charge is -2.28. The molecule has 174 valence electrons. The first-order chi connectivity index (χ1) is 16.0. The number of ketones is 1. The molecule has 2 aliphatic heterocycles. The summed E-state index contributed by atoms with van der Waals surface area (Å²) in [7, 11) is 0. The van der Waals surface area contributed by atoms with Gasteiger partial charge in [0.15, 0.2) is 21.3 Å². The molecule has 33 heavy (non-hydrogen) atoms. The minimum absolute atomic E-state index is 0.183. The maximum Gasteiger partial charge on any atom is 0.281 e. The molecule has 1 saturated heterocycles. The van der Waals surface area contributed by atoms with Crippen LogP contribution in [-0.2, 0) is 24.3 Å². The number of hydrogen-bond acceptors (Lipinski definition) is 7. The van der Waals surface area contributed by atoms with Crippen LogP contribution in [0.3, 0.4) is 0 Å². The van der Waals surface area contributed by atoms with E-state index in [1.807, 2.05) is 35.2 Å². The number of halogens is 2. The van der Waals surface area contributed by atoms with E-state index in [2.05, 4.69) is 9.97 Å². The molecule has 0 saturated carbocycles. The second-order valence-corrected chi connectivity index (χ2v) is 9.52. The fourth-order valence-corrected chi connectivity index (χ4v) is 5.72. The Labute approximate surface area is 193 Å². The third-order valence-electron chi connectivity index (χ3n) is 6.36. The highest BCUT2D eigenvalue weighted by Gasteiger charge is 2.33. The van der Waals surface area contributed by atoms with Gasteiger partial charge in [-0.2, -0.15) is 0 Å². The lowest BCUT2D eigenvalue weighted by molar-refractivity contribution is -0.120. The van der Waals surface area contributed by atoms with Crippen LogP contribution >= 0.6 is 11.3 Å². The van der Waals surface area contributed by atoms with E-state index in [0.717, 1.165) is 18.4 Å². The van der Waals surface area contributed by atoms with Gasteiger partial charge in [-0.3, -0.25) is 19.1 Å². The standard InChI is InChI=1S/C23H25F2N5O2S/c24-18(25)13-28-11-12-30-19(14-28)26-21-20(22(30)32)27-23(33-21)29-10-4-7-16(29)17(31)9-8-15-5-2-1-3-6-15/h1-3,5-6,16,18H,4,7-14H2/t16-/m1/s1. The van der Waals surface area contributed by atoms with Crippen molar-refractivity contribution in [2.75, 3.05) is 24.5 Å². The van der Waals surface area contributed by atoms with Gasteiger partial charge in [0.1, 0.15) is 5.82 Å². The Hall–Kier alpha value is -2.72. The van der Waals surface area contributed by atoms with Gasteiger partial charge in [-0.1, -0.05) is 41.7 Å². The number of aromatic nitrogens is 3. The number of thiazole rings is 1. The van der Waals surface area contributed by atoms with Gasteiger partial charge < -0.3 is 4.90 Å². The first kappa shape index (κ1) is 22.1. The first-order valence-electron chi connectivity index (χ1n) is 11.2. The quantitative estimate of drug-likeness (QED) is 0.525. The summed E-state index contributed by atoms with van der Waals surface area (Å²) in [6, 6.07) is 9.71. The molecule has 0 unspecified atom stereocenters. The van der Waals surface area contributed by atoms with Crippen LogP contribution in [0.4, 0.5) is 13.9 Å². The fraction of sp³-hybridized carbons (Fsp3) is 0.478. The number of carbonyl (C=O) groups excluding carboxylic acids is 1. The van der Waals surface area contributed by atoms with Crippen LogP contribution < -0.4 is 10.5 Å². The number of carbonyl (C=O) groups is 1. The van der Waals surface area contributed by atoms with E-state index in [9.17, 15) is 18.4 Å². The molecule has 4 heterocycles. The van der Waals surface area contributed by atoms with Gasteiger partial charge in [-0.15, -0.1) is 0 Å². The van der Waals surface area contributed by atoms with Crippen molar-refractivity contribution in [1.29, 1.82) is 0 Å². The number of Topliss-reactive ketones (excluding diaryl/α,β-unsaturated/α-hetero) is 1. The Bertz CT molecular complexity index is 1210. The molecule has 1 fully saturated rings. The third-order valence-corrected chi connectivity index (χ3v) is 7.35. The summed E-state index contributed by atoms with van der Waals surface area (Å²) in [6.45, 7) is 1.30. The number of hydrogen-bond donors (Lipinski definition) is 0. The van der Waals surface area contributed by atoms with Crippen molar-refractivity contribution < 1.29 is 13.6 Å². The third kappa shape index (κ3) is 4.54. The van der Waals surface area contributed by atoms with Gasteiger partial charge in [0.2, 0.25) is 0 Å². The topological polar surface area (TPSA) is 71.3 Å². The second-order valence-electron chi connectivity index (χ2n) is 8.56. The van der Waals surface area contributed by atoms with E-state index in [-0.39, 0.29) is 30.5 Å². The van der Waals surface area contributed by atoms with Gasteiger partial charge in [0, 0.05) is 26.1 Å². The molecule has 1 aromatic carbocycles. The Morgan fingerprint density at radius 1 is 1.15 bits per heavy atom. The number of rotatable bonds is 7. The van der Waals surface area contributed by atoms with Gasteiger partial charge in [0.25, 0.3) is 12.0 Å². The van der Waals surface area contributed by atoms with E-state index in [1.54, 1.807) is 9.47 Å². The van der Waals surface area contributed by atoms with Crippen LogP contribution in [0.15, 0.2) is 35.1 Å². The van der Waals surface area contributed by atoms with E-state index in [0.29, 0.717) is 53.8 Å². The van der Waals surface area contributed by atoms with Crippen LogP contribution in [0.1, 0.15) is 30.7 Å². The monoisotopic (exact) mass is 473 g/mol. The Kier molecular flexibility index (Phi) is 6.20. The summed E-state index contributed by atoms with van der Waals surface area (Å²) in [6.07, 6.45) is 0.409. The number of benzene rings is 1. The molecular formula is C23H25F2N5O2S. The van der Waals surface area contributed by atoms with Gasteiger partial charge in [-0.05, 0) is 24.8 Å². The van der Waals surface area contributed by atoms with E-state index >= 15 is 0 Å². The lowest BCUT2D eigenvalue weighted by Crippen LogP contribution is -2.41. The van der Waals surface area contributed by atoms with Crippen molar-refractivity contribution in [1.82, 2.24) is 19.4 Å². The van der Waals surface area contributed by atoms with Crippen molar-refractivity contribution in [3.8, 4) is 0 Å². The summed E-state index contributed by atoms with van der Waals surface area (Å²) in [5, 5.41) is 0.637. The first-order valence-corrected chi connectivity index (χ1v) is 12.1. The normalized spacial score (nSPS) is 18.9. The number of fused-ring (bicyclic) bond motifs is 2. The maximum atomic E-state index is 13.0. The van der Waals surface area contributed by atoms with Gasteiger partial charge in [0.05, 0.1) is 19.1 Å². The zero-order chi connectivity index (χ0) is 22.9. The number of alkyl halides is 2. The molecular weight excluding hydrogens is 448 g/mol. The van der Waals surface area contributed by atoms with Crippen molar-refractivity contribution in [2.24, 2.45) is 0 Å². The fourth-order valence-electron chi connectivity index (χ4n) is 4.69. The van der Waals surface area contributed by atoms with Crippen molar-refractivity contribution in [2.45, 2.75) is 51.2 Å². The zero-order valence-corrected chi connectivity index (χ0v) is 18.9. The largest absolute Gasteiger partial charge is 0.338 e. The highest BCUT2D eigenvalue weighted by molar-refractivity contribution is 7.21. The van der Waals surface area contributed by atoms with Crippen molar-refractivity contribution in [3.63, 3.8) is 0 Å². The molecule has 3 aromatic rings. The molecule has 0 spiro atoms. The SMILES string of the molecule is O=C(CCc1ccccc1)[C@H]1CCCN1c1nc2c(=O)n3c(nc2s1)CN(CC(F)F)CC3. The molecule has 0 N–H and O–H groups in total. The summed E-state index contributed by atoms with van der Waals surface area (Å²) < 4.78 is 27.1. The Morgan fingerprint density at radius 2 is 1.97 bits per heavy atom. The van der Waals surface area contributed by atoms with Crippen LogP contribution in [-0.4, -0.2) is 57.3 Å². The molecule has 10 heteroatoms. The molecule has 0 bridgehead atoms. The maximum absolute atomic E-state index is 13.0. The minimum atomic E-state index is -2.42. The number of anilines is 1. The van der Waals surface area contributed by atoms with E-state index in [4.69, 9.17) is 0 Å². The minimum Gasteiger partial charge on any atom is -0.338 e. The van der Waals surface area contributed by atoms with Crippen LogP contribution in [0.2, 0.25) is 0 Å². The predicted octanol–water partition coefficient (Wildman–Crippen LogP) is 3.10. The average Bonchev–Trinajstić information content (AvgIpc) is 3.45. The highest BCUT2D eigenvalue weighted by atomic mass is 32.1. The molecule has 0 amide bonds. The molecule has 5 rings (SSSR count). The average molecular weight is 474 g/mol. The van der Waals surface area contributed by atoms with Crippen molar-refractivity contribution >= 4 is 32.6 Å². The number of aryl methyl sites for hydroxylation is 1. The molecule has 0 radical (unpaired) electrons. The molecule has 7 nitrogen and oxygen atoms in total. The highest BCUT2D eigenvalue weighted by Crippen LogP contribution is 2.32. The molecule has 1 atom stereocenters. The summed E-state index contributed by atoms with van der Waals surface area (Å²) in [5.41, 5.74) is 1.20.